The summed E-state index contributed by atoms with van der Waals surface area (Å²) in [6.07, 6.45) is 71.1. The lowest BCUT2D eigenvalue weighted by Gasteiger charge is -2.14. The fourth-order valence-electron chi connectivity index (χ4n) is 12.2. The lowest BCUT2D eigenvalue weighted by molar-refractivity contribution is -0.144. The van der Waals surface area contributed by atoms with Crippen molar-refractivity contribution in [2.45, 2.75) is 406 Å². The quantitative estimate of drug-likeness (QED) is 0.0348. The van der Waals surface area contributed by atoms with Crippen molar-refractivity contribution >= 4 is 53.2 Å². The molecule has 0 saturated heterocycles. The van der Waals surface area contributed by atoms with E-state index in [1.807, 2.05) is 35.3 Å². The Labute approximate surface area is 584 Å². The van der Waals surface area contributed by atoms with E-state index in [2.05, 4.69) is 20.8 Å². The maximum Gasteiger partial charge on any atom is 0.336 e. The number of hydrogen-bond acceptors (Lipinski definition) is 12. The van der Waals surface area contributed by atoms with E-state index in [1.165, 1.54) is 308 Å². The molecular formula is C78H147N3O9S3. The van der Waals surface area contributed by atoms with Gasteiger partial charge in [0.1, 0.15) is 19.8 Å². The summed E-state index contributed by atoms with van der Waals surface area (Å²) in [7, 11) is 0. The molecule has 1 heterocycles. The van der Waals surface area contributed by atoms with Gasteiger partial charge in [-0.15, -0.1) is 0 Å². The maximum absolute atomic E-state index is 13.7. The number of unbranched alkanes of at least 4 members (excludes halogenated alkanes) is 48. The number of hydrogen-bond donors (Lipinski definition) is 0. The average Bonchev–Trinajstić information content (AvgIpc) is 1.02. The van der Waals surface area contributed by atoms with Crippen LogP contribution < -0.4 is 17.1 Å². The number of rotatable bonds is 75. The number of carbonyl (C=O) groups is 3. The van der Waals surface area contributed by atoms with Crippen LogP contribution in [-0.4, -0.2) is 85.9 Å². The van der Waals surface area contributed by atoms with Crippen molar-refractivity contribution in [2.24, 2.45) is 0 Å². The number of aromatic nitrogens is 3. The minimum atomic E-state index is -0.874. The van der Waals surface area contributed by atoms with Crippen LogP contribution in [-0.2, 0) is 48.2 Å². The molecule has 1 aromatic rings. The van der Waals surface area contributed by atoms with Gasteiger partial charge in [-0.05, 0) is 92.3 Å². The molecule has 12 nitrogen and oxygen atoms in total. The van der Waals surface area contributed by atoms with Crippen LogP contribution in [0.1, 0.15) is 387 Å². The SMILES string of the molecule is CCCCCCCCCCCCCCCCCCSCCCCC(=O)OCCn1c(=O)n(CCOC(=O)CCCCSCCCCCCCCCCCCCCCCCC)c(=O)n(CCOC(=O)CCCCSCCCCCCCCCCCCCCCCCC)c1=O. The Morgan fingerprint density at radius 3 is 0.559 bits per heavy atom. The van der Waals surface area contributed by atoms with Gasteiger partial charge >= 0.3 is 35.0 Å². The van der Waals surface area contributed by atoms with Gasteiger partial charge < -0.3 is 14.2 Å². The van der Waals surface area contributed by atoms with Crippen LogP contribution in [0, 0.1) is 0 Å². The molecule has 0 atom stereocenters. The molecule has 0 spiro atoms. The predicted molar refractivity (Wildman–Crippen MR) is 404 cm³/mol. The molecule has 0 unspecified atom stereocenters. The molecule has 0 N–H and O–H groups in total. The van der Waals surface area contributed by atoms with Gasteiger partial charge in [-0.25, -0.2) is 28.1 Å². The Kier molecular flexibility index (Phi) is 68.0. The number of carbonyl (C=O) groups excluding carboxylic acids is 3. The molecule has 546 valence electrons. The third kappa shape index (κ3) is 58.5. The lowest BCUT2D eigenvalue weighted by atomic mass is 10.0. The van der Waals surface area contributed by atoms with Crippen molar-refractivity contribution in [3.63, 3.8) is 0 Å². The zero-order valence-corrected chi connectivity index (χ0v) is 63.5. The van der Waals surface area contributed by atoms with E-state index in [9.17, 15) is 28.8 Å². The van der Waals surface area contributed by atoms with E-state index in [-0.39, 0.29) is 58.7 Å². The zero-order chi connectivity index (χ0) is 67.2. The largest absolute Gasteiger partial charge is 0.464 e. The van der Waals surface area contributed by atoms with Crippen molar-refractivity contribution in [1.82, 2.24) is 13.7 Å². The van der Waals surface area contributed by atoms with Gasteiger partial charge in [0.25, 0.3) is 0 Å². The summed E-state index contributed by atoms with van der Waals surface area (Å²) in [5.74, 6) is 5.18. The van der Waals surface area contributed by atoms with Gasteiger partial charge in [-0.1, -0.05) is 310 Å². The highest BCUT2D eigenvalue weighted by molar-refractivity contribution is 7.99. The number of ether oxygens (including phenoxy) is 3. The van der Waals surface area contributed by atoms with E-state index in [0.717, 1.165) is 67.5 Å². The highest BCUT2D eigenvalue weighted by atomic mass is 32.2. The van der Waals surface area contributed by atoms with E-state index >= 15 is 0 Å². The fraction of sp³-hybridized carbons (Fsp3) is 0.923. The summed E-state index contributed by atoms with van der Waals surface area (Å²) >= 11 is 5.82. The summed E-state index contributed by atoms with van der Waals surface area (Å²) in [6, 6.07) is 0. The second kappa shape index (κ2) is 71.2. The summed E-state index contributed by atoms with van der Waals surface area (Å²) in [5, 5.41) is 0. The second-order valence-corrected chi connectivity index (χ2v) is 30.8. The van der Waals surface area contributed by atoms with Crippen molar-refractivity contribution in [3.8, 4) is 0 Å². The van der Waals surface area contributed by atoms with Crippen LogP contribution >= 0.6 is 35.3 Å². The molecular weight excluding hydrogens is 1220 g/mol. The molecule has 15 heteroatoms. The average molecular weight is 1370 g/mol. The summed E-state index contributed by atoms with van der Waals surface area (Å²) < 4.78 is 19.1. The highest BCUT2D eigenvalue weighted by Crippen LogP contribution is 2.20. The smallest absolute Gasteiger partial charge is 0.336 e. The zero-order valence-electron chi connectivity index (χ0n) is 61.0. The first kappa shape index (κ1) is 88.9. The maximum atomic E-state index is 13.7. The Bertz CT molecular complexity index is 1750. The van der Waals surface area contributed by atoms with Crippen molar-refractivity contribution in [3.05, 3.63) is 31.5 Å². The number of esters is 3. The van der Waals surface area contributed by atoms with Crippen LogP contribution in [0.5, 0.6) is 0 Å². The molecule has 0 fully saturated rings. The lowest BCUT2D eigenvalue weighted by Crippen LogP contribution is -2.55. The Morgan fingerprint density at radius 1 is 0.237 bits per heavy atom. The molecule has 0 aliphatic rings. The molecule has 0 aliphatic carbocycles. The summed E-state index contributed by atoms with van der Waals surface area (Å²) in [4.78, 5) is 79.5. The minimum absolute atomic E-state index is 0.222. The third-order valence-corrected chi connectivity index (χ3v) is 21.8. The number of thioether (sulfide) groups is 3. The van der Waals surface area contributed by atoms with Gasteiger partial charge in [-0.3, -0.25) is 14.4 Å². The van der Waals surface area contributed by atoms with Gasteiger partial charge in [0.05, 0.1) is 19.6 Å². The topological polar surface area (TPSA) is 145 Å². The van der Waals surface area contributed by atoms with Crippen LogP contribution in [0.2, 0.25) is 0 Å². The minimum Gasteiger partial charge on any atom is -0.464 e. The van der Waals surface area contributed by atoms with Crippen LogP contribution in [0.3, 0.4) is 0 Å². The van der Waals surface area contributed by atoms with Gasteiger partial charge in [0.15, 0.2) is 0 Å². The summed E-state index contributed by atoms with van der Waals surface area (Å²) in [6.45, 7) is 5.40. The van der Waals surface area contributed by atoms with E-state index in [1.54, 1.807) is 0 Å². The molecule has 0 aromatic carbocycles. The predicted octanol–water partition coefficient (Wildman–Crippen LogP) is 22.3. The second-order valence-electron chi connectivity index (χ2n) is 27.1. The normalized spacial score (nSPS) is 11.5. The third-order valence-electron chi connectivity index (χ3n) is 18.3. The molecule has 0 radical (unpaired) electrons. The van der Waals surface area contributed by atoms with Crippen molar-refractivity contribution in [1.29, 1.82) is 0 Å². The Balaban J connectivity index is 2.46. The highest BCUT2D eigenvalue weighted by Gasteiger charge is 2.18. The molecule has 93 heavy (non-hydrogen) atoms. The molecule has 0 aliphatic heterocycles. The molecule has 0 bridgehead atoms. The molecule has 0 amide bonds. The monoisotopic (exact) mass is 1370 g/mol. The standard InChI is InChI=1S/C78H147N3O9S3/c1-4-7-10-13-16-19-22-25-28-31-34-37-40-43-46-52-67-91-70-55-49-58-73(82)88-64-61-79-76(85)80(62-65-89-74(83)59-50-56-71-92-68-53-47-44-41-38-35-32-29-26-23-20-17-14-11-8-5-2)78(87)81(77(79)86)63-66-90-75(84)60-51-57-72-93-69-54-48-45-42-39-36-33-30-27-24-21-18-15-12-9-6-3/h4-72H2,1-3H3. The first-order valence-electron chi connectivity index (χ1n) is 39.9. The van der Waals surface area contributed by atoms with E-state index in [0.29, 0.717) is 19.3 Å². The van der Waals surface area contributed by atoms with Gasteiger partial charge in [0, 0.05) is 19.3 Å². The van der Waals surface area contributed by atoms with Crippen molar-refractivity contribution in [2.75, 3.05) is 54.3 Å². The van der Waals surface area contributed by atoms with Gasteiger partial charge in [0.2, 0.25) is 0 Å². The summed E-state index contributed by atoms with van der Waals surface area (Å²) in [5.41, 5.74) is -2.62. The van der Waals surface area contributed by atoms with Crippen LogP contribution in [0.15, 0.2) is 14.4 Å². The van der Waals surface area contributed by atoms with Crippen molar-refractivity contribution < 1.29 is 28.6 Å². The Morgan fingerprint density at radius 2 is 0.387 bits per heavy atom. The first-order valence-corrected chi connectivity index (χ1v) is 43.4. The van der Waals surface area contributed by atoms with Crippen LogP contribution in [0.4, 0.5) is 0 Å². The van der Waals surface area contributed by atoms with E-state index < -0.39 is 35.0 Å². The molecule has 0 saturated carbocycles. The Hall–Kier alpha value is -2.13. The fourth-order valence-corrected chi connectivity index (χ4v) is 15.3. The molecule has 1 aromatic heterocycles. The number of nitrogens with zero attached hydrogens (tertiary/aromatic N) is 3. The van der Waals surface area contributed by atoms with E-state index in [4.69, 9.17) is 14.2 Å². The van der Waals surface area contributed by atoms with Gasteiger partial charge in [-0.2, -0.15) is 35.3 Å². The van der Waals surface area contributed by atoms with Crippen LogP contribution in [0.25, 0.3) is 0 Å². The molecule has 1 rings (SSSR count). The first-order chi connectivity index (χ1) is 45.8.